The fourth-order valence-corrected chi connectivity index (χ4v) is 1.23. The second-order valence-electron chi connectivity index (χ2n) is 2.89. The van der Waals surface area contributed by atoms with Crippen LogP contribution in [0, 0.1) is 5.82 Å². The number of aromatic amines is 1. The van der Waals surface area contributed by atoms with E-state index in [2.05, 4.69) is 9.97 Å². The van der Waals surface area contributed by atoms with Gasteiger partial charge in [-0.3, -0.25) is 4.79 Å². The minimum atomic E-state index is -1.34. The number of pyridine rings is 2. The summed E-state index contributed by atoms with van der Waals surface area (Å²) in [6, 6.07) is 1.08. The van der Waals surface area contributed by atoms with Crippen LogP contribution in [0.15, 0.2) is 23.3 Å². The summed E-state index contributed by atoms with van der Waals surface area (Å²) in [5.41, 5.74) is -1.06. The summed E-state index contributed by atoms with van der Waals surface area (Å²) in [6.07, 6.45) is 1.89. The number of hydrogen-bond acceptors (Lipinski definition) is 3. The van der Waals surface area contributed by atoms with E-state index in [0.29, 0.717) is 0 Å². The van der Waals surface area contributed by atoms with E-state index in [4.69, 9.17) is 5.11 Å². The van der Waals surface area contributed by atoms with Gasteiger partial charge < -0.3 is 10.1 Å². The second kappa shape index (κ2) is 3.16. The van der Waals surface area contributed by atoms with Crippen molar-refractivity contribution in [2.75, 3.05) is 0 Å². The van der Waals surface area contributed by atoms with Crippen molar-refractivity contribution in [2.45, 2.75) is 0 Å². The largest absolute Gasteiger partial charge is 0.477 e. The molecule has 0 radical (unpaired) electrons. The zero-order valence-electron chi connectivity index (χ0n) is 7.32. The third kappa shape index (κ3) is 1.45. The van der Waals surface area contributed by atoms with E-state index in [1.54, 1.807) is 0 Å². The molecule has 2 rings (SSSR count). The number of aromatic carboxylic acids is 1. The van der Waals surface area contributed by atoms with Gasteiger partial charge in [0.25, 0.3) is 0 Å². The molecular weight excluding hydrogens is 203 g/mol. The van der Waals surface area contributed by atoms with E-state index in [1.807, 2.05) is 0 Å². The molecule has 0 aliphatic rings. The van der Waals surface area contributed by atoms with Crippen LogP contribution >= 0.6 is 0 Å². The third-order valence-electron chi connectivity index (χ3n) is 1.92. The van der Waals surface area contributed by atoms with Crippen LogP contribution < -0.4 is 5.43 Å². The first-order valence-electron chi connectivity index (χ1n) is 4.00. The van der Waals surface area contributed by atoms with Gasteiger partial charge in [0.1, 0.15) is 16.9 Å². The van der Waals surface area contributed by atoms with Crippen molar-refractivity contribution in [3.8, 4) is 0 Å². The number of hydrogen-bond donors (Lipinski definition) is 2. The highest BCUT2D eigenvalue weighted by atomic mass is 19.1. The quantitative estimate of drug-likeness (QED) is 0.724. The number of halogens is 1. The average Bonchev–Trinajstić information content (AvgIpc) is 2.17. The zero-order chi connectivity index (χ0) is 11.0. The van der Waals surface area contributed by atoms with Gasteiger partial charge in [0, 0.05) is 12.3 Å². The summed E-state index contributed by atoms with van der Waals surface area (Å²) in [5, 5.41) is 8.66. The summed E-state index contributed by atoms with van der Waals surface area (Å²) in [6.45, 7) is 0. The van der Waals surface area contributed by atoms with Gasteiger partial charge in [0.15, 0.2) is 0 Å². The fourth-order valence-electron chi connectivity index (χ4n) is 1.23. The third-order valence-corrected chi connectivity index (χ3v) is 1.92. The number of rotatable bonds is 1. The first-order valence-corrected chi connectivity index (χ1v) is 4.00. The standard InChI is InChI=1S/C9H5FN2O3/c10-4-1-6-7(12-2-4)8(13)5(3-11-6)9(14)15/h1-3H,(H,11,13)(H,14,15). The fraction of sp³-hybridized carbons (Fsp3) is 0. The number of fused-ring (bicyclic) bond motifs is 1. The van der Waals surface area contributed by atoms with Gasteiger partial charge in [0.2, 0.25) is 5.43 Å². The van der Waals surface area contributed by atoms with E-state index >= 15 is 0 Å². The van der Waals surface area contributed by atoms with Crippen molar-refractivity contribution in [3.63, 3.8) is 0 Å². The van der Waals surface area contributed by atoms with Crippen LogP contribution in [0.25, 0.3) is 11.0 Å². The number of nitrogens with zero attached hydrogens (tertiary/aromatic N) is 1. The lowest BCUT2D eigenvalue weighted by atomic mass is 10.2. The molecule has 0 aromatic carbocycles. The molecule has 2 aromatic heterocycles. The van der Waals surface area contributed by atoms with Crippen LogP contribution in [0.5, 0.6) is 0 Å². The van der Waals surface area contributed by atoms with Crippen LogP contribution in [0.1, 0.15) is 10.4 Å². The first-order chi connectivity index (χ1) is 7.09. The molecule has 2 N–H and O–H groups in total. The Morgan fingerprint density at radius 1 is 1.53 bits per heavy atom. The van der Waals surface area contributed by atoms with Gasteiger partial charge in [-0.1, -0.05) is 0 Å². The smallest absolute Gasteiger partial charge is 0.341 e. The topological polar surface area (TPSA) is 83.0 Å². The molecule has 2 aromatic rings. The van der Waals surface area contributed by atoms with Gasteiger partial charge in [0.05, 0.1) is 11.7 Å². The summed E-state index contributed by atoms with van der Waals surface area (Å²) >= 11 is 0. The molecule has 0 saturated carbocycles. The number of H-pyrrole nitrogens is 1. The molecule has 2 heterocycles. The van der Waals surface area contributed by atoms with Gasteiger partial charge in [-0.25, -0.2) is 14.2 Å². The van der Waals surface area contributed by atoms with Crippen molar-refractivity contribution in [3.05, 3.63) is 40.1 Å². The Balaban J connectivity index is 2.86. The minimum absolute atomic E-state index is 0.0868. The van der Waals surface area contributed by atoms with Crippen LogP contribution in [-0.2, 0) is 0 Å². The maximum atomic E-state index is 12.7. The van der Waals surface area contributed by atoms with Crippen molar-refractivity contribution >= 4 is 17.0 Å². The Hall–Kier alpha value is -2.24. The average molecular weight is 208 g/mol. The molecular formula is C9H5FN2O3. The predicted molar refractivity (Wildman–Crippen MR) is 49.3 cm³/mol. The van der Waals surface area contributed by atoms with E-state index in [-0.39, 0.29) is 11.0 Å². The Labute approximate surface area is 82.2 Å². The maximum absolute atomic E-state index is 12.7. The minimum Gasteiger partial charge on any atom is -0.477 e. The summed E-state index contributed by atoms with van der Waals surface area (Å²) in [7, 11) is 0. The van der Waals surface area contributed by atoms with Crippen LogP contribution in [-0.4, -0.2) is 21.0 Å². The molecule has 0 amide bonds. The Morgan fingerprint density at radius 2 is 2.27 bits per heavy atom. The lowest BCUT2D eigenvalue weighted by Crippen LogP contribution is -2.16. The summed E-state index contributed by atoms with van der Waals surface area (Å²) < 4.78 is 12.7. The number of carbonyl (C=O) groups is 1. The van der Waals surface area contributed by atoms with E-state index in [0.717, 1.165) is 18.5 Å². The van der Waals surface area contributed by atoms with Crippen LogP contribution in [0.4, 0.5) is 4.39 Å². The predicted octanol–water partition coefficient (Wildman–Crippen LogP) is 0.760. The van der Waals surface area contributed by atoms with Crippen molar-refractivity contribution < 1.29 is 14.3 Å². The van der Waals surface area contributed by atoms with E-state index < -0.39 is 22.8 Å². The highest BCUT2D eigenvalue weighted by Gasteiger charge is 2.12. The highest BCUT2D eigenvalue weighted by molar-refractivity contribution is 5.90. The molecule has 0 fully saturated rings. The number of nitrogens with one attached hydrogen (secondary N) is 1. The molecule has 0 bridgehead atoms. The number of carboxylic acids is 1. The molecule has 0 saturated heterocycles. The molecule has 6 heteroatoms. The summed E-state index contributed by atoms with van der Waals surface area (Å²) in [5.74, 6) is -1.94. The van der Waals surface area contributed by atoms with Crippen molar-refractivity contribution in [2.24, 2.45) is 0 Å². The molecule has 0 atom stereocenters. The van der Waals surface area contributed by atoms with Gasteiger partial charge in [-0.15, -0.1) is 0 Å². The van der Waals surface area contributed by atoms with Gasteiger partial charge in [-0.05, 0) is 0 Å². The number of aromatic nitrogens is 2. The van der Waals surface area contributed by atoms with Crippen LogP contribution in [0.2, 0.25) is 0 Å². The lowest BCUT2D eigenvalue weighted by molar-refractivity contribution is 0.0695. The van der Waals surface area contributed by atoms with Crippen molar-refractivity contribution in [1.29, 1.82) is 0 Å². The Bertz CT molecular complexity index is 606. The highest BCUT2D eigenvalue weighted by Crippen LogP contribution is 2.06. The molecule has 0 aliphatic carbocycles. The maximum Gasteiger partial charge on any atom is 0.341 e. The number of carboxylic acid groups (broad SMARTS) is 1. The van der Waals surface area contributed by atoms with E-state index in [1.165, 1.54) is 0 Å². The molecule has 0 unspecified atom stereocenters. The summed E-state index contributed by atoms with van der Waals surface area (Å²) in [4.78, 5) is 28.1. The first kappa shape index (κ1) is 9.32. The molecule has 0 aliphatic heterocycles. The van der Waals surface area contributed by atoms with Crippen molar-refractivity contribution in [1.82, 2.24) is 9.97 Å². The second-order valence-corrected chi connectivity index (χ2v) is 2.89. The molecule has 5 nitrogen and oxygen atoms in total. The molecule has 76 valence electrons. The molecule has 15 heavy (non-hydrogen) atoms. The Morgan fingerprint density at radius 3 is 2.93 bits per heavy atom. The molecule has 0 spiro atoms. The van der Waals surface area contributed by atoms with Gasteiger partial charge in [-0.2, -0.15) is 0 Å². The Kier molecular flexibility index (Phi) is 1.96. The lowest BCUT2D eigenvalue weighted by Gasteiger charge is -1.98. The van der Waals surface area contributed by atoms with E-state index in [9.17, 15) is 14.0 Å². The normalized spacial score (nSPS) is 10.5. The zero-order valence-corrected chi connectivity index (χ0v) is 7.32. The monoisotopic (exact) mass is 208 g/mol. The van der Waals surface area contributed by atoms with Crippen LogP contribution in [0.3, 0.4) is 0 Å². The van der Waals surface area contributed by atoms with Gasteiger partial charge >= 0.3 is 5.97 Å². The SMILES string of the molecule is O=C(O)c1c[nH]c2cc(F)cnc2c1=O.